The molecular formula is C17H13N5O2S. The van der Waals surface area contributed by atoms with Crippen LogP contribution in [-0.2, 0) is 0 Å². The number of para-hydroxylation sites is 1. The van der Waals surface area contributed by atoms with E-state index in [1.165, 1.54) is 11.8 Å². The zero-order valence-corrected chi connectivity index (χ0v) is 14.1. The van der Waals surface area contributed by atoms with E-state index in [1.807, 2.05) is 47.0 Å². The van der Waals surface area contributed by atoms with Gasteiger partial charge in [-0.2, -0.15) is 4.98 Å². The highest BCUT2D eigenvalue weighted by molar-refractivity contribution is 7.99. The van der Waals surface area contributed by atoms with Crippen molar-refractivity contribution in [3.63, 3.8) is 0 Å². The first-order valence-electron chi connectivity index (χ1n) is 7.45. The average Bonchev–Trinajstić information content (AvgIpc) is 3.32. The van der Waals surface area contributed by atoms with Crippen molar-refractivity contribution < 1.29 is 9.15 Å². The summed E-state index contributed by atoms with van der Waals surface area (Å²) in [7, 11) is 1.57. The van der Waals surface area contributed by atoms with Crippen LogP contribution in [0.5, 0.6) is 5.88 Å². The molecule has 0 aliphatic carbocycles. The standard InChI is InChI=1S/C17H13N5O2S/c1-23-14-9-10-18-16(19-14)25-17-21-20-15(13-8-5-11-24-13)22(17)12-6-3-2-4-7-12/h2-11H,1H3. The quantitative estimate of drug-likeness (QED) is 0.509. The van der Waals surface area contributed by atoms with Gasteiger partial charge in [0.2, 0.25) is 16.9 Å². The summed E-state index contributed by atoms with van der Waals surface area (Å²) in [6.07, 6.45) is 3.25. The van der Waals surface area contributed by atoms with Gasteiger partial charge in [-0.05, 0) is 36.0 Å². The van der Waals surface area contributed by atoms with E-state index in [1.54, 1.807) is 25.6 Å². The Bertz CT molecular complexity index is 970. The Labute approximate surface area is 147 Å². The van der Waals surface area contributed by atoms with Crippen LogP contribution in [0.25, 0.3) is 17.3 Å². The maximum absolute atomic E-state index is 5.50. The zero-order chi connectivity index (χ0) is 17.1. The van der Waals surface area contributed by atoms with E-state index in [2.05, 4.69) is 20.2 Å². The van der Waals surface area contributed by atoms with E-state index in [0.29, 0.717) is 27.8 Å². The third-order valence-corrected chi connectivity index (χ3v) is 4.22. The van der Waals surface area contributed by atoms with E-state index in [9.17, 15) is 0 Å². The normalized spacial score (nSPS) is 10.8. The lowest BCUT2D eigenvalue weighted by atomic mass is 10.3. The maximum atomic E-state index is 5.50. The Hall–Kier alpha value is -3.13. The summed E-state index contributed by atoms with van der Waals surface area (Å²) in [5.41, 5.74) is 0.921. The van der Waals surface area contributed by atoms with Gasteiger partial charge in [-0.3, -0.25) is 4.57 Å². The summed E-state index contributed by atoms with van der Waals surface area (Å²) in [5, 5.41) is 9.73. The molecule has 0 unspecified atom stereocenters. The first-order chi connectivity index (χ1) is 12.3. The Kier molecular flexibility index (Phi) is 4.17. The van der Waals surface area contributed by atoms with Gasteiger partial charge in [0, 0.05) is 18.0 Å². The lowest BCUT2D eigenvalue weighted by Gasteiger charge is -2.08. The number of methoxy groups -OCH3 is 1. The second-order valence-corrected chi connectivity index (χ2v) is 5.87. The molecule has 3 aromatic heterocycles. The highest BCUT2D eigenvalue weighted by Crippen LogP contribution is 2.31. The van der Waals surface area contributed by atoms with Gasteiger partial charge in [0.15, 0.2) is 10.9 Å². The fourth-order valence-electron chi connectivity index (χ4n) is 2.28. The first-order valence-corrected chi connectivity index (χ1v) is 8.26. The molecule has 0 radical (unpaired) electrons. The molecule has 0 saturated carbocycles. The van der Waals surface area contributed by atoms with Crippen LogP contribution in [0.4, 0.5) is 0 Å². The van der Waals surface area contributed by atoms with Gasteiger partial charge in [-0.1, -0.05) is 18.2 Å². The Morgan fingerprint density at radius 3 is 2.68 bits per heavy atom. The number of hydrogen-bond acceptors (Lipinski definition) is 7. The monoisotopic (exact) mass is 351 g/mol. The predicted octanol–water partition coefficient (Wildman–Crippen LogP) is 3.48. The number of aromatic nitrogens is 5. The molecule has 25 heavy (non-hydrogen) atoms. The second-order valence-electron chi connectivity index (χ2n) is 4.94. The van der Waals surface area contributed by atoms with Crippen molar-refractivity contribution in [3.8, 4) is 23.2 Å². The topological polar surface area (TPSA) is 78.9 Å². The zero-order valence-electron chi connectivity index (χ0n) is 13.2. The molecule has 0 bridgehead atoms. The van der Waals surface area contributed by atoms with Crippen molar-refractivity contribution >= 4 is 11.8 Å². The molecule has 0 atom stereocenters. The number of nitrogens with zero attached hydrogens (tertiary/aromatic N) is 5. The van der Waals surface area contributed by atoms with E-state index < -0.39 is 0 Å². The number of furan rings is 1. The SMILES string of the molecule is COc1ccnc(Sc2nnc(-c3ccco3)n2-c2ccccc2)n1. The van der Waals surface area contributed by atoms with Crippen LogP contribution < -0.4 is 4.74 Å². The van der Waals surface area contributed by atoms with E-state index in [-0.39, 0.29) is 0 Å². The molecule has 0 amide bonds. The lowest BCUT2D eigenvalue weighted by Crippen LogP contribution is -1.99. The number of hydrogen-bond donors (Lipinski definition) is 0. The molecule has 0 aliphatic rings. The minimum atomic E-state index is 0.495. The number of ether oxygens (including phenoxy) is 1. The number of benzene rings is 1. The lowest BCUT2D eigenvalue weighted by molar-refractivity contribution is 0.392. The molecule has 3 heterocycles. The van der Waals surface area contributed by atoms with Crippen LogP contribution in [-0.4, -0.2) is 31.8 Å². The van der Waals surface area contributed by atoms with Crippen LogP contribution in [0, 0.1) is 0 Å². The third kappa shape index (κ3) is 3.11. The third-order valence-electron chi connectivity index (χ3n) is 3.39. The largest absolute Gasteiger partial charge is 0.481 e. The van der Waals surface area contributed by atoms with Gasteiger partial charge in [-0.15, -0.1) is 10.2 Å². The fraction of sp³-hybridized carbons (Fsp3) is 0.0588. The summed E-state index contributed by atoms with van der Waals surface area (Å²) in [6, 6.07) is 15.2. The average molecular weight is 351 g/mol. The summed E-state index contributed by atoms with van der Waals surface area (Å²) in [6.45, 7) is 0. The Balaban J connectivity index is 1.80. The van der Waals surface area contributed by atoms with Gasteiger partial charge < -0.3 is 9.15 Å². The number of rotatable bonds is 5. The van der Waals surface area contributed by atoms with Crippen molar-refractivity contribution in [2.75, 3.05) is 7.11 Å². The smallest absolute Gasteiger partial charge is 0.217 e. The van der Waals surface area contributed by atoms with Crippen molar-refractivity contribution in [2.24, 2.45) is 0 Å². The molecule has 124 valence electrons. The molecule has 0 fully saturated rings. The van der Waals surface area contributed by atoms with Crippen LogP contribution in [0.1, 0.15) is 0 Å². The van der Waals surface area contributed by atoms with Crippen LogP contribution in [0.2, 0.25) is 0 Å². The molecule has 7 nitrogen and oxygen atoms in total. The highest BCUT2D eigenvalue weighted by atomic mass is 32.2. The second kappa shape index (κ2) is 6.78. The van der Waals surface area contributed by atoms with Crippen molar-refractivity contribution in [3.05, 3.63) is 61.0 Å². The fourth-order valence-corrected chi connectivity index (χ4v) is 3.06. The molecule has 0 saturated heterocycles. The summed E-state index contributed by atoms with van der Waals surface area (Å²) < 4.78 is 12.6. The molecule has 4 rings (SSSR count). The summed E-state index contributed by atoms with van der Waals surface area (Å²) in [4.78, 5) is 8.58. The van der Waals surface area contributed by atoms with Gasteiger partial charge in [0.1, 0.15) is 0 Å². The molecule has 0 aliphatic heterocycles. The van der Waals surface area contributed by atoms with Gasteiger partial charge >= 0.3 is 0 Å². The van der Waals surface area contributed by atoms with E-state index in [0.717, 1.165) is 5.69 Å². The minimum absolute atomic E-state index is 0.495. The van der Waals surface area contributed by atoms with Gasteiger partial charge in [-0.25, -0.2) is 4.98 Å². The maximum Gasteiger partial charge on any atom is 0.217 e. The molecule has 0 N–H and O–H groups in total. The van der Waals surface area contributed by atoms with Crippen molar-refractivity contribution in [1.29, 1.82) is 0 Å². The van der Waals surface area contributed by atoms with Crippen LogP contribution >= 0.6 is 11.8 Å². The first kappa shape index (κ1) is 15.4. The van der Waals surface area contributed by atoms with Crippen LogP contribution in [0.3, 0.4) is 0 Å². The molecule has 8 heteroatoms. The van der Waals surface area contributed by atoms with Crippen molar-refractivity contribution in [2.45, 2.75) is 10.3 Å². The highest BCUT2D eigenvalue weighted by Gasteiger charge is 2.19. The van der Waals surface area contributed by atoms with E-state index in [4.69, 9.17) is 9.15 Å². The van der Waals surface area contributed by atoms with E-state index >= 15 is 0 Å². The molecular weight excluding hydrogens is 338 g/mol. The Morgan fingerprint density at radius 1 is 1.04 bits per heavy atom. The van der Waals surface area contributed by atoms with Gasteiger partial charge in [0.25, 0.3) is 0 Å². The minimum Gasteiger partial charge on any atom is -0.481 e. The van der Waals surface area contributed by atoms with Gasteiger partial charge in [0.05, 0.1) is 13.4 Å². The van der Waals surface area contributed by atoms with Crippen molar-refractivity contribution in [1.82, 2.24) is 24.7 Å². The predicted molar refractivity (Wildman–Crippen MR) is 91.8 cm³/mol. The summed E-state index contributed by atoms with van der Waals surface area (Å²) >= 11 is 1.30. The molecule has 4 aromatic rings. The molecule has 1 aromatic carbocycles. The molecule has 0 spiro atoms. The van der Waals surface area contributed by atoms with Crippen LogP contribution in [0.15, 0.2) is 75.7 Å². The Morgan fingerprint density at radius 2 is 1.92 bits per heavy atom. The summed E-state index contributed by atoms with van der Waals surface area (Å²) in [5.74, 6) is 1.74.